The Morgan fingerprint density at radius 1 is 1.53 bits per heavy atom. The summed E-state index contributed by atoms with van der Waals surface area (Å²) in [5, 5.41) is 3.81. The quantitative estimate of drug-likeness (QED) is 0.890. The molecule has 0 aliphatic heterocycles. The summed E-state index contributed by atoms with van der Waals surface area (Å²) in [7, 11) is 0. The van der Waals surface area contributed by atoms with Crippen LogP contribution in [0.5, 0.6) is 0 Å². The van der Waals surface area contributed by atoms with Crippen molar-refractivity contribution in [3.05, 3.63) is 42.6 Å². The van der Waals surface area contributed by atoms with Gasteiger partial charge in [0.05, 0.1) is 6.54 Å². The van der Waals surface area contributed by atoms with Crippen LogP contribution in [0, 0.1) is 0 Å². The number of H-pyrrole nitrogens is 1. The minimum Gasteiger partial charge on any atom is -0.294 e. The summed E-state index contributed by atoms with van der Waals surface area (Å²) in [6.45, 7) is 2.05. The van der Waals surface area contributed by atoms with Gasteiger partial charge in [0.25, 0.3) is 5.56 Å². The zero-order valence-electron chi connectivity index (χ0n) is 8.94. The normalized spacial score (nSPS) is 10.7. The van der Waals surface area contributed by atoms with Gasteiger partial charge in [0.1, 0.15) is 10.0 Å². The molecule has 0 unspecified atom stereocenters. The van der Waals surface area contributed by atoms with Gasteiger partial charge in [-0.1, -0.05) is 23.0 Å². The topological polar surface area (TPSA) is 80.6 Å². The fourth-order valence-corrected chi connectivity index (χ4v) is 1.99. The van der Waals surface area contributed by atoms with Gasteiger partial charge in [0.15, 0.2) is 0 Å². The molecule has 0 radical (unpaired) electrons. The van der Waals surface area contributed by atoms with Crippen molar-refractivity contribution in [2.45, 2.75) is 19.9 Å². The molecule has 0 saturated carbocycles. The number of aromatic amines is 1. The van der Waals surface area contributed by atoms with Crippen molar-refractivity contribution in [3.63, 3.8) is 0 Å². The molecule has 2 aromatic rings. The van der Waals surface area contributed by atoms with E-state index in [9.17, 15) is 9.59 Å². The summed E-state index contributed by atoms with van der Waals surface area (Å²) in [5.41, 5.74) is 0.240. The number of hydrogen-bond donors (Lipinski definition) is 1. The Morgan fingerprint density at radius 2 is 2.29 bits per heavy atom. The predicted molar refractivity (Wildman–Crippen MR) is 64.7 cm³/mol. The lowest BCUT2D eigenvalue weighted by atomic mass is 10.2. The van der Waals surface area contributed by atoms with Crippen LogP contribution < -0.4 is 11.2 Å². The molecule has 0 aromatic carbocycles. The van der Waals surface area contributed by atoms with Gasteiger partial charge in [-0.25, -0.2) is 4.79 Å². The summed E-state index contributed by atoms with van der Waals surface area (Å²) in [6.07, 6.45) is 2.08. The summed E-state index contributed by atoms with van der Waals surface area (Å²) >= 11 is 6.91. The predicted octanol–water partition coefficient (Wildman–Crippen LogP) is 0.652. The first-order valence-corrected chi connectivity index (χ1v) is 6.06. The van der Waals surface area contributed by atoms with Crippen molar-refractivity contribution in [3.8, 4) is 0 Å². The molecule has 0 saturated heterocycles. The minimum absolute atomic E-state index is 0.206. The third-order valence-electron chi connectivity index (χ3n) is 2.30. The Morgan fingerprint density at radius 3 is 2.88 bits per heavy atom. The third-order valence-corrected chi connectivity index (χ3v) is 3.28. The second-order valence-electron chi connectivity index (χ2n) is 3.39. The Hall–Kier alpha value is -1.47. The molecule has 0 aliphatic carbocycles. The van der Waals surface area contributed by atoms with Gasteiger partial charge in [0.2, 0.25) is 0 Å². The van der Waals surface area contributed by atoms with Crippen LogP contribution in [0.3, 0.4) is 0 Å². The molecule has 0 spiro atoms. The Kier molecular flexibility index (Phi) is 3.39. The van der Waals surface area contributed by atoms with Gasteiger partial charge < -0.3 is 0 Å². The van der Waals surface area contributed by atoms with Crippen LogP contribution in [-0.4, -0.2) is 19.1 Å². The molecule has 6 nitrogen and oxygen atoms in total. The molecule has 0 fully saturated rings. The number of aromatic nitrogens is 4. The van der Waals surface area contributed by atoms with Crippen molar-refractivity contribution < 1.29 is 0 Å². The summed E-state index contributed by atoms with van der Waals surface area (Å²) < 4.78 is 5.49. The first kappa shape index (κ1) is 12.0. The number of nitrogens with zero attached hydrogens (tertiary/aromatic N) is 3. The summed E-state index contributed by atoms with van der Waals surface area (Å²) in [4.78, 5) is 25.2. The van der Waals surface area contributed by atoms with Crippen LogP contribution in [0.25, 0.3) is 0 Å². The Labute approximate surface area is 105 Å². The molecule has 17 heavy (non-hydrogen) atoms. The molecule has 0 bridgehead atoms. The largest absolute Gasteiger partial charge is 0.328 e. The third kappa shape index (κ3) is 2.45. The lowest BCUT2D eigenvalue weighted by Crippen LogP contribution is -2.32. The number of nitrogens with one attached hydrogen (secondary N) is 1. The van der Waals surface area contributed by atoms with E-state index >= 15 is 0 Å². The fourth-order valence-electron chi connectivity index (χ4n) is 1.38. The van der Waals surface area contributed by atoms with E-state index < -0.39 is 5.69 Å². The summed E-state index contributed by atoms with van der Waals surface area (Å²) in [5.74, 6) is 0. The molecule has 2 heterocycles. The lowest BCUT2D eigenvalue weighted by Gasteiger charge is -2.04. The number of halogens is 1. The van der Waals surface area contributed by atoms with E-state index in [4.69, 9.17) is 11.6 Å². The highest BCUT2D eigenvalue weighted by atomic mass is 35.5. The molecule has 2 rings (SSSR count). The van der Waals surface area contributed by atoms with Gasteiger partial charge in [-0.15, -0.1) is 5.10 Å². The van der Waals surface area contributed by atoms with Crippen LogP contribution in [0.4, 0.5) is 0 Å². The molecular formula is C9H9ClN4O2S. The minimum atomic E-state index is -0.476. The highest BCUT2D eigenvalue weighted by Gasteiger charge is 2.09. The second kappa shape index (κ2) is 4.80. The highest BCUT2D eigenvalue weighted by Crippen LogP contribution is 2.17. The SMILES string of the molecule is CCc1cn(Cc2nnsc2Cl)c(=O)[nH]c1=O. The van der Waals surface area contributed by atoms with Crippen molar-refractivity contribution in [2.75, 3.05) is 0 Å². The van der Waals surface area contributed by atoms with Crippen LogP contribution in [0.1, 0.15) is 18.2 Å². The van der Waals surface area contributed by atoms with E-state index in [1.165, 1.54) is 10.8 Å². The highest BCUT2D eigenvalue weighted by molar-refractivity contribution is 7.10. The number of rotatable bonds is 3. The van der Waals surface area contributed by atoms with Gasteiger partial charge in [-0.05, 0) is 6.42 Å². The van der Waals surface area contributed by atoms with E-state index in [1.807, 2.05) is 6.92 Å². The first-order valence-electron chi connectivity index (χ1n) is 4.91. The molecule has 0 aliphatic rings. The molecule has 8 heteroatoms. The Bertz CT molecular complexity index is 645. The van der Waals surface area contributed by atoms with E-state index in [1.54, 1.807) is 0 Å². The first-order chi connectivity index (χ1) is 8.11. The number of hydrogen-bond acceptors (Lipinski definition) is 5. The maximum Gasteiger partial charge on any atom is 0.328 e. The molecule has 90 valence electrons. The smallest absolute Gasteiger partial charge is 0.294 e. The summed E-state index contributed by atoms with van der Waals surface area (Å²) in [6, 6.07) is 0. The fraction of sp³-hybridized carbons (Fsp3) is 0.333. The average Bonchev–Trinajstić information content (AvgIpc) is 2.68. The van der Waals surface area contributed by atoms with Crippen LogP contribution >= 0.6 is 23.1 Å². The molecular weight excluding hydrogens is 264 g/mol. The van der Waals surface area contributed by atoms with Gasteiger partial charge >= 0.3 is 5.69 Å². The molecule has 2 aromatic heterocycles. The second-order valence-corrected chi connectivity index (χ2v) is 4.74. The molecule has 1 N–H and O–H groups in total. The van der Waals surface area contributed by atoms with Crippen molar-refractivity contribution in [1.82, 2.24) is 19.1 Å². The maximum absolute atomic E-state index is 11.6. The standard InChI is InChI=1S/C9H9ClN4O2S/c1-2-5-3-14(9(16)11-8(5)15)4-6-7(10)17-13-12-6/h3H,2,4H2,1H3,(H,11,15,16). The van der Waals surface area contributed by atoms with E-state index in [-0.39, 0.29) is 12.1 Å². The van der Waals surface area contributed by atoms with Crippen LogP contribution in [0.2, 0.25) is 4.34 Å². The lowest BCUT2D eigenvalue weighted by molar-refractivity contribution is 0.691. The van der Waals surface area contributed by atoms with E-state index in [0.717, 1.165) is 11.5 Å². The van der Waals surface area contributed by atoms with Crippen molar-refractivity contribution in [1.29, 1.82) is 0 Å². The van der Waals surface area contributed by atoms with E-state index in [0.29, 0.717) is 22.0 Å². The van der Waals surface area contributed by atoms with Gasteiger partial charge in [-0.2, -0.15) is 0 Å². The monoisotopic (exact) mass is 272 g/mol. The zero-order valence-corrected chi connectivity index (χ0v) is 10.5. The number of aryl methyl sites for hydroxylation is 1. The van der Waals surface area contributed by atoms with Crippen LogP contribution in [0.15, 0.2) is 15.8 Å². The van der Waals surface area contributed by atoms with Gasteiger partial charge in [-0.3, -0.25) is 14.3 Å². The van der Waals surface area contributed by atoms with Gasteiger partial charge in [0, 0.05) is 23.3 Å². The van der Waals surface area contributed by atoms with E-state index in [2.05, 4.69) is 14.6 Å². The maximum atomic E-state index is 11.6. The zero-order chi connectivity index (χ0) is 12.4. The molecule has 0 amide bonds. The van der Waals surface area contributed by atoms with Crippen molar-refractivity contribution in [2.24, 2.45) is 0 Å². The Balaban J connectivity index is 2.43. The van der Waals surface area contributed by atoms with Crippen molar-refractivity contribution >= 4 is 23.1 Å². The average molecular weight is 273 g/mol. The molecule has 0 atom stereocenters. The van der Waals surface area contributed by atoms with Crippen LogP contribution in [-0.2, 0) is 13.0 Å².